The van der Waals surface area contributed by atoms with Gasteiger partial charge in [-0.1, -0.05) is 10.8 Å². The van der Waals surface area contributed by atoms with Crippen molar-refractivity contribution in [2.45, 2.75) is 12.7 Å². The molecule has 0 saturated carbocycles. The molecule has 0 aliphatic carbocycles. The maximum Gasteiger partial charge on any atom is 0.152 e. The van der Waals surface area contributed by atoms with Crippen LogP contribution in [0.1, 0.15) is 6.42 Å². The molecule has 0 aromatic rings. The van der Waals surface area contributed by atoms with Gasteiger partial charge < -0.3 is 10.2 Å². The lowest BCUT2D eigenvalue weighted by Crippen LogP contribution is -2.03. The van der Waals surface area contributed by atoms with E-state index in [2.05, 4.69) is 11.7 Å². The van der Waals surface area contributed by atoms with Crippen molar-refractivity contribution in [1.29, 1.82) is 0 Å². The minimum Gasteiger partial charge on any atom is -0.368 e. The number of hydrogen-bond donors (Lipinski definition) is 3. The van der Waals surface area contributed by atoms with E-state index < -0.39 is 6.29 Å². The molecule has 0 rings (SSSR count). The second-order valence-electron chi connectivity index (χ2n) is 1.10. The van der Waals surface area contributed by atoms with E-state index in [9.17, 15) is 0 Å². The van der Waals surface area contributed by atoms with Crippen LogP contribution in [0.5, 0.6) is 0 Å². The fourth-order valence-corrected chi connectivity index (χ4v) is 0.791. The van der Waals surface area contributed by atoms with Gasteiger partial charge in [0.25, 0.3) is 0 Å². The third-order valence-electron chi connectivity index (χ3n) is 0.467. The molecular weight excluding hydrogens is 132 g/mol. The van der Waals surface area contributed by atoms with Crippen molar-refractivity contribution in [2.75, 3.05) is 5.75 Å². The van der Waals surface area contributed by atoms with Crippen LogP contribution in [0, 0.1) is 0 Å². The second kappa shape index (κ2) is 4.77. The summed E-state index contributed by atoms with van der Waals surface area (Å²) < 4.78 is 0. The van der Waals surface area contributed by atoms with Crippen molar-refractivity contribution >= 4 is 22.5 Å². The van der Waals surface area contributed by atoms with Crippen molar-refractivity contribution in [3.05, 3.63) is 0 Å². The zero-order valence-electron chi connectivity index (χ0n) is 3.74. The number of thiol groups is 1. The lowest BCUT2D eigenvalue weighted by molar-refractivity contribution is -0.0404. The number of rotatable bonds is 3. The molecule has 44 valence electrons. The van der Waals surface area contributed by atoms with Crippen LogP contribution in [0.25, 0.3) is 0 Å². The Bertz CT molecular complexity index is 39.9. The van der Waals surface area contributed by atoms with Gasteiger partial charge in [-0.25, -0.2) is 0 Å². The Kier molecular flexibility index (Phi) is 5.19. The van der Waals surface area contributed by atoms with E-state index in [1.165, 1.54) is 10.8 Å². The summed E-state index contributed by atoms with van der Waals surface area (Å²) in [6, 6.07) is 0. The van der Waals surface area contributed by atoms with E-state index in [4.69, 9.17) is 10.2 Å². The average Bonchev–Trinajstić information content (AvgIpc) is 1.61. The van der Waals surface area contributed by atoms with Crippen molar-refractivity contribution < 1.29 is 10.2 Å². The molecule has 0 fully saturated rings. The van der Waals surface area contributed by atoms with Gasteiger partial charge in [-0.05, 0) is 0 Å². The van der Waals surface area contributed by atoms with E-state index in [-0.39, 0.29) is 0 Å². The van der Waals surface area contributed by atoms with Gasteiger partial charge in [0.1, 0.15) is 0 Å². The molecule has 0 aliphatic rings. The summed E-state index contributed by atoms with van der Waals surface area (Å²) in [7, 11) is 1.30. The van der Waals surface area contributed by atoms with Gasteiger partial charge in [0.05, 0.1) is 0 Å². The maximum absolute atomic E-state index is 8.19. The van der Waals surface area contributed by atoms with Crippen molar-refractivity contribution in [3.63, 3.8) is 0 Å². The molecule has 2 N–H and O–H groups in total. The van der Waals surface area contributed by atoms with Crippen LogP contribution in [0.3, 0.4) is 0 Å². The zero-order valence-corrected chi connectivity index (χ0v) is 5.45. The van der Waals surface area contributed by atoms with E-state index in [0.717, 1.165) is 0 Å². The van der Waals surface area contributed by atoms with Gasteiger partial charge in [0.2, 0.25) is 0 Å². The molecule has 2 nitrogen and oxygen atoms in total. The molecule has 0 aliphatic heterocycles. The summed E-state index contributed by atoms with van der Waals surface area (Å²) in [5, 5.41) is 16.4. The smallest absolute Gasteiger partial charge is 0.152 e. The summed E-state index contributed by atoms with van der Waals surface area (Å²) in [4.78, 5) is 0. The molecule has 0 aromatic carbocycles. The van der Waals surface area contributed by atoms with E-state index >= 15 is 0 Å². The first-order valence-corrected chi connectivity index (χ1v) is 3.93. The third-order valence-corrected chi connectivity index (χ3v) is 1.43. The molecule has 0 aromatic heterocycles. The Labute approximate surface area is 51.7 Å². The summed E-state index contributed by atoms with van der Waals surface area (Å²) in [6.07, 6.45) is -0.770. The monoisotopic (exact) mass is 140 g/mol. The van der Waals surface area contributed by atoms with Crippen LogP contribution >= 0.6 is 22.5 Å². The van der Waals surface area contributed by atoms with Crippen molar-refractivity contribution in [2.24, 2.45) is 0 Å². The quantitative estimate of drug-likeness (QED) is 0.299. The Morgan fingerprint density at radius 2 is 2.14 bits per heavy atom. The predicted molar refractivity (Wildman–Crippen MR) is 34.3 cm³/mol. The molecule has 0 heterocycles. The van der Waals surface area contributed by atoms with Crippen LogP contribution in [-0.4, -0.2) is 22.3 Å². The first-order valence-electron chi connectivity index (χ1n) is 1.90. The van der Waals surface area contributed by atoms with Crippen molar-refractivity contribution in [1.82, 2.24) is 0 Å². The van der Waals surface area contributed by atoms with E-state index in [1.54, 1.807) is 0 Å². The molecule has 0 saturated heterocycles. The lowest BCUT2D eigenvalue weighted by Gasteiger charge is -1.96. The Morgan fingerprint density at radius 3 is 2.29 bits per heavy atom. The molecular formula is C3H8O2S2. The Hall–Kier alpha value is 0.620. The molecule has 0 unspecified atom stereocenters. The molecule has 0 amide bonds. The Balaban J connectivity index is 2.68. The van der Waals surface area contributed by atoms with Crippen molar-refractivity contribution in [3.8, 4) is 0 Å². The predicted octanol–water partition coefficient (Wildman–Crippen LogP) is 0.265. The van der Waals surface area contributed by atoms with Gasteiger partial charge >= 0.3 is 0 Å². The number of aliphatic hydroxyl groups excluding tert-OH is 1. The largest absolute Gasteiger partial charge is 0.368 e. The highest BCUT2D eigenvalue weighted by molar-refractivity contribution is 8.68. The summed E-state index contributed by atoms with van der Waals surface area (Å²) in [5.41, 5.74) is 0. The van der Waals surface area contributed by atoms with Crippen LogP contribution in [0.2, 0.25) is 0 Å². The third kappa shape index (κ3) is 6.62. The minimum atomic E-state index is -1.17. The highest BCUT2D eigenvalue weighted by atomic mass is 33.1. The molecule has 0 bridgehead atoms. The summed E-state index contributed by atoms with van der Waals surface area (Å²) in [5.74, 6) is 0.681. The number of aliphatic hydroxyl groups is 2. The van der Waals surface area contributed by atoms with Gasteiger partial charge in [0.15, 0.2) is 6.29 Å². The topological polar surface area (TPSA) is 40.5 Å². The Morgan fingerprint density at radius 1 is 1.57 bits per heavy atom. The van der Waals surface area contributed by atoms with Gasteiger partial charge in [-0.15, -0.1) is 11.7 Å². The molecule has 4 heteroatoms. The summed E-state index contributed by atoms with van der Waals surface area (Å²) in [6.45, 7) is 0. The first-order chi connectivity index (χ1) is 3.27. The minimum absolute atomic E-state index is 0.397. The standard InChI is InChI=1S/C3H8O2S2/c4-3(5)1-2-7-6/h3-6H,1-2H2. The molecule has 0 atom stereocenters. The van der Waals surface area contributed by atoms with Crippen LogP contribution in [0.15, 0.2) is 0 Å². The summed E-state index contributed by atoms with van der Waals surface area (Å²) >= 11 is 3.79. The highest BCUT2D eigenvalue weighted by Crippen LogP contribution is 2.06. The second-order valence-corrected chi connectivity index (χ2v) is 2.54. The van der Waals surface area contributed by atoms with Crippen LogP contribution in [0.4, 0.5) is 0 Å². The van der Waals surface area contributed by atoms with Crippen LogP contribution in [-0.2, 0) is 0 Å². The zero-order chi connectivity index (χ0) is 5.70. The molecule has 0 spiro atoms. The fourth-order valence-electron chi connectivity index (χ4n) is 0.158. The molecule has 0 radical (unpaired) electrons. The fraction of sp³-hybridized carbons (Fsp3) is 1.00. The van der Waals surface area contributed by atoms with Gasteiger partial charge in [-0.2, -0.15) is 0 Å². The van der Waals surface area contributed by atoms with Gasteiger partial charge in [0, 0.05) is 12.2 Å². The molecule has 7 heavy (non-hydrogen) atoms. The highest BCUT2D eigenvalue weighted by Gasteiger charge is 1.92. The van der Waals surface area contributed by atoms with E-state index in [1.807, 2.05) is 0 Å². The number of hydrogen-bond acceptors (Lipinski definition) is 4. The SMILES string of the molecule is OC(O)CCSS. The van der Waals surface area contributed by atoms with E-state index in [0.29, 0.717) is 12.2 Å². The normalized spacial score (nSPS) is 10.3. The lowest BCUT2D eigenvalue weighted by atomic mass is 10.5. The van der Waals surface area contributed by atoms with Crippen LogP contribution < -0.4 is 0 Å². The van der Waals surface area contributed by atoms with Gasteiger partial charge in [-0.3, -0.25) is 0 Å². The maximum atomic E-state index is 8.19. The first kappa shape index (κ1) is 7.62. The average molecular weight is 140 g/mol.